The molecule has 0 spiro atoms. The number of hydrogen-bond donors (Lipinski definition) is 1. The van der Waals surface area contributed by atoms with E-state index in [9.17, 15) is 0 Å². The molecule has 1 aromatic carbocycles. The lowest BCUT2D eigenvalue weighted by Gasteiger charge is -2.18. The van der Waals surface area contributed by atoms with Crippen molar-refractivity contribution >= 4 is 5.84 Å². The van der Waals surface area contributed by atoms with Crippen LogP contribution in [0.5, 0.6) is 0 Å². The van der Waals surface area contributed by atoms with Crippen LogP contribution < -0.4 is 0 Å². The van der Waals surface area contributed by atoms with Crippen molar-refractivity contribution in [3.05, 3.63) is 65.0 Å². The summed E-state index contributed by atoms with van der Waals surface area (Å²) in [6.45, 7) is 3.67. The highest BCUT2D eigenvalue weighted by molar-refractivity contribution is 6.00. The zero-order valence-corrected chi connectivity index (χ0v) is 10.4. The summed E-state index contributed by atoms with van der Waals surface area (Å²) in [5.74, 6) is 0.619. The van der Waals surface area contributed by atoms with Crippen molar-refractivity contribution in [2.24, 2.45) is 0 Å². The molecular weight excluding hydrogens is 222 g/mol. The minimum atomic E-state index is 0.619. The van der Waals surface area contributed by atoms with Crippen LogP contribution in [0.3, 0.4) is 0 Å². The fourth-order valence-corrected chi connectivity index (χ4v) is 2.35. The van der Waals surface area contributed by atoms with Gasteiger partial charge in [-0.2, -0.15) is 0 Å². The third-order valence-electron chi connectivity index (χ3n) is 3.46. The molecule has 1 aromatic heterocycles. The first kappa shape index (κ1) is 11.0. The molecule has 2 aromatic rings. The summed E-state index contributed by atoms with van der Waals surface area (Å²) in [7, 11) is 0. The zero-order valence-electron chi connectivity index (χ0n) is 10.4. The number of pyridine rings is 1. The molecule has 0 aliphatic carbocycles. The monoisotopic (exact) mass is 237 g/mol. The van der Waals surface area contributed by atoms with E-state index in [1.54, 1.807) is 0 Å². The molecule has 2 heterocycles. The van der Waals surface area contributed by atoms with Gasteiger partial charge in [-0.3, -0.25) is 10.4 Å². The van der Waals surface area contributed by atoms with Crippen molar-refractivity contribution < 1.29 is 0 Å². The molecule has 90 valence electrons. The summed E-state index contributed by atoms with van der Waals surface area (Å²) in [4.78, 5) is 6.26. The Balaban J connectivity index is 1.86. The molecular formula is C15H15N3. The van der Waals surface area contributed by atoms with Gasteiger partial charge in [0.05, 0.1) is 0 Å². The highest BCUT2D eigenvalue weighted by Crippen LogP contribution is 2.24. The Morgan fingerprint density at radius 2 is 2.11 bits per heavy atom. The molecule has 3 rings (SSSR count). The lowest BCUT2D eigenvalue weighted by atomic mass is 10.1. The molecule has 0 bridgehead atoms. The predicted molar refractivity (Wildman–Crippen MR) is 71.5 cm³/mol. The van der Waals surface area contributed by atoms with Crippen LogP contribution in [0.1, 0.15) is 22.3 Å². The molecule has 0 amide bonds. The number of rotatable bonds is 2. The predicted octanol–water partition coefficient (Wildman–Crippen LogP) is 2.73. The zero-order chi connectivity index (χ0) is 12.5. The standard InChI is InChI=1S/C15H15N3/c1-11-6-7-17-8-13(11)10-18-9-12-4-2-3-5-14(12)15(18)16/h2-8,16H,9-10H2,1H3. The summed E-state index contributed by atoms with van der Waals surface area (Å²) in [6, 6.07) is 10.2. The molecule has 0 saturated heterocycles. The summed E-state index contributed by atoms with van der Waals surface area (Å²) in [5, 5.41) is 8.21. The van der Waals surface area contributed by atoms with Crippen LogP contribution in [-0.2, 0) is 13.1 Å². The van der Waals surface area contributed by atoms with Crippen LogP contribution in [0.25, 0.3) is 0 Å². The van der Waals surface area contributed by atoms with Gasteiger partial charge in [0, 0.05) is 31.0 Å². The van der Waals surface area contributed by atoms with E-state index in [2.05, 4.69) is 22.9 Å². The second kappa shape index (κ2) is 4.26. The van der Waals surface area contributed by atoms with Crippen LogP contribution in [0.4, 0.5) is 0 Å². The Hall–Kier alpha value is -2.16. The van der Waals surface area contributed by atoms with E-state index >= 15 is 0 Å². The van der Waals surface area contributed by atoms with Gasteiger partial charge in [0.15, 0.2) is 0 Å². The first-order chi connectivity index (χ1) is 8.75. The number of aromatic nitrogens is 1. The lowest BCUT2D eigenvalue weighted by molar-refractivity contribution is 0.420. The number of amidine groups is 1. The van der Waals surface area contributed by atoms with Gasteiger partial charge in [-0.15, -0.1) is 0 Å². The maximum atomic E-state index is 8.21. The molecule has 0 fully saturated rings. The largest absolute Gasteiger partial charge is 0.348 e. The van der Waals surface area contributed by atoms with Crippen LogP contribution >= 0.6 is 0 Å². The van der Waals surface area contributed by atoms with E-state index in [0.29, 0.717) is 5.84 Å². The Morgan fingerprint density at radius 1 is 1.28 bits per heavy atom. The summed E-state index contributed by atoms with van der Waals surface area (Å²) < 4.78 is 0. The average Bonchev–Trinajstić information content (AvgIpc) is 2.70. The quantitative estimate of drug-likeness (QED) is 0.872. The Kier molecular flexibility index (Phi) is 2.59. The van der Waals surface area contributed by atoms with Crippen molar-refractivity contribution in [1.29, 1.82) is 5.41 Å². The van der Waals surface area contributed by atoms with Gasteiger partial charge in [-0.1, -0.05) is 24.3 Å². The summed E-state index contributed by atoms with van der Waals surface area (Å²) >= 11 is 0. The smallest absolute Gasteiger partial charge is 0.129 e. The highest BCUT2D eigenvalue weighted by Gasteiger charge is 2.23. The number of aryl methyl sites for hydroxylation is 1. The van der Waals surface area contributed by atoms with E-state index in [1.165, 1.54) is 16.7 Å². The van der Waals surface area contributed by atoms with Gasteiger partial charge in [-0.05, 0) is 29.7 Å². The number of nitrogens with one attached hydrogen (secondary N) is 1. The third kappa shape index (κ3) is 1.78. The van der Waals surface area contributed by atoms with Gasteiger partial charge >= 0.3 is 0 Å². The first-order valence-corrected chi connectivity index (χ1v) is 6.07. The fourth-order valence-electron chi connectivity index (χ4n) is 2.35. The normalized spacial score (nSPS) is 13.8. The van der Waals surface area contributed by atoms with Crippen LogP contribution in [0.15, 0.2) is 42.7 Å². The van der Waals surface area contributed by atoms with Gasteiger partial charge in [-0.25, -0.2) is 0 Å². The van der Waals surface area contributed by atoms with Crippen molar-refractivity contribution in [3.63, 3.8) is 0 Å². The van der Waals surface area contributed by atoms with E-state index in [-0.39, 0.29) is 0 Å². The molecule has 0 atom stereocenters. The van der Waals surface area contributed by atoms with E-state index in [0.717, 1.165) is 18.7 Å². The minimum absolute atomic E-state index is 0.619. The molecule has 3 heteroatoms. The van der Waals surface area contributed by atoms with Crippen molar-refractivity contribution in [1.82, 2.24) is 9.88 Å². The Labute approximate surface area is 107 Å². The third-order valence-corrected chi connectivity index (χ3v) is 3.46. The molecule has 1 N–H and O–H groups in total. The molecule has 0 saturated carbocycles. The van der Waals surface area contributed by atoms with Gasteiger partial charge < -0.3 is 4.90 Å². The van der Waals surface area contributed by atoms with Crippen molar-refractivity contribution in [3.8, 4) is 0 Å². The second-order valence-corrected chi connectivity index (χ2v) is 4.66. The maximum Gasteiger partial charge on any atom is 0.129 e. The van der Waals surface area contributed by atoms with E-state index < -0.39 is 0 Å². The fraction of sp³-hybridized carbons (Fsp3) is 0.200. The van der Waals surface area contributed by atoms with Crippen molar-refractivity contribution in [2.45, 2.75) is 20.0 Å². The second-order valence-electron chi connectivity index (χ2n) is 4.66. The van der Waals surface area contributed by atoms with Crippen LogP contribution in [0, 0.1) is 12.3 Å². The van der Waals surface area contributed by atoms with Gasteiger partial charge in [0.1, 0.15) is 5.84 Å². The summed E-state index contributed by atoms with van der Waals surface area (Å²) in [5.41, 5.74) is 4.71. The maximum absolute atomic E-state index is 8.21. The summed E-state index contributed by atoms with van der Waals surface area (Å²) in [6.07, 6.45) is 3.70. The molecule has 0 radical (unpaired) electrons. The highest BCUT2D eigenvalue weighted by atomic mass is 15.2. The van der Waals surface area contributed by atoms with E-state index in [4.69, 9.17) is 5.41 Å². The molecule has 1 aliphatic rings. The number of benzene rings is 1. The molecule has 0 unspecified atom stereocenters. The number of fused-ring (bicyclic) bond motifs is 1. The molecule has 3 nitrogen and oxygen atoms in total. The SMILES string of the molecule is Cc1ccncc1CN1Cc2ccccc2C1=N. The lowest BCUT2D eigenvalue weighted by Crippen LogP contribution is -2.23. The van der Waals surface area contributed by atoms with Gasteiger partial charge in [0.25, 0.3) is 0 Å². The number of hydrogen-bond acceptors (Lipinski definition) is 2. The first-order valence-electron chi connectivity index (χ1n) is 6.07. The Bertz CT molecular complexity index is 604. The van der Waals surface area contributed by atoms with Crippen LogP contribution in [-0.4, -0.2) is 15.7 Å². The van der Waals surface area contributed by atoms with Crippen LogP contribution in [0.2, 0.25) is 0 Å². The Morgan fingerprint density at radius 3 is 2.89 bits per heavy atom. The van der Waals surface area contributed by atoms with Gasteiger partial charge in [0.2, 0.25) is 0 Å². The minimum Gasteiger partial charge on any atom is -0.348 e. The molecule has 1 aliphatic heterocycles. The molecule has 18 heavy (non-hydrogen) atoms. The number of nitrogens with zero attached hydrogens (tertiary/aromatic N) is 2. The van der Waals surface area contributed by atoms with Crippen molar-refractivity contribution in [2.75, 3.05) is 0 Å². The average molecular weight is 237 g/mol. The van der Waals surface area contributed by atoms with E-state index in [1.807, 2.05) is 36.7 Å². The topological polar surface area (TPSA) is 40.0 Å².